The molecule has 0 aromatic rings. The molecule has 4 atom stereocenters. The molecule has 0 bridgehead atoms. The summed E-state index contributed by atoms with van der Waals surface area (Å²) in [4.78, 5) is 22.8. The predicted octanol–water partition coefficient (Wildman–Crippen LogP) is 1.38. The number of carbonyl (C=O) groups is 2. The van der Waals surface area contributed by atoms with Gasteiger partial charge in [-0.25, -0.2) is 9.59 Å². The highest BCUT2D eigenvalue weighted by atomic mass is 16.6. The average Bonchev–Trinajstić information content (AvgIpc) is 2.62. The number of cyclic esters (lactones) is 1. The van der Waals surface area contributed by atoms with E-state index in [0.717, 1.165) is 0 Å². The third kappa shape index (κ3) is 2.87. The lowest BCUT2D eigenvalue weighted by Crippen LogP contribution is -2.35. The summed E-state index contributed by atoms with van der Waals surface area (Å²) in [7, 11) is 0. The van der Waals surface area contributed by atoms with E-state index in [2.05, 4.69) is 0 Å². The molecule has 1 saturated heterocycles. The lowest BCUT2D eigenvalue weighted by molar-refractivity contribution is -0.139. The number of hydrogen-bond donors (Lipinski definition) is 0. The summed E-state index contributed by atoms with van der Waals surface area (Å²) in [5.74, 6) is -0.688. The van der Waals surface area contributed by atoms with Gasteiger partial charge in [0.15, 0.2) is 0 Å². The number of fused-ring (bicyclic) bond motifs is 1. The Balaban J connectivity index is 2.08. The van der Waals surface area contributed by atoms with E-state index in [1.807, 2.05) is 13.0 Å². The number of hydrogen-bond acceptors (Lipinski definition) is 5. The van der Waals surface area contributed by atoms with E-state index >= 15 is 0 Å². The molecule has 5 nitrogen and oxygen atoms in total. The summed E-state index contributed by atoms with van der Waals surface area (Å²) < 4.78 is 15.8. The lowest BCUT2D eigenvalue weighted by Gasteiger charge is -2.29. The summed E-state index contributed by atoms with van der Waals surface area (Å²) in [6.07, 6.45) is 4.01. The molecule has 0 aliphatic carbocycles. The van der Waals surface area contributed by atoms with Gasteiger partial charge >= 0.3 is 11.9 Å². The van der Waals surface area contributed by atoms with Crippen molar-refractivity contribution in [3.63, 3.8) is 0 Å². The molecule has 0 spiro atoms. The molecule has 2 aliphatic rings. The molecule has 104 valence electrons. The molecule has 5 heteroatoms. The lowest BCUT2D eigenvalue weighted by atomic mass is 9.94. The van der Waals surface area contributed by atoms with Crippen molar-refractivity contribution in [1.29, 1.82) is 0 Å². The van der Waals surface area contributed by atoms with E-state index in [4.69, 9.17) is 14.2 Å². The van der Waals surface area contributed by atoms with Crippen molar-refractivity contribution in [3.05, 3.63) is 23.8 Å². The van der Waals surface area contributed by atoms with E-state index in [-0.39, 0.29) is 36.2 Å². The smallest absolute Gasteiger partial charge is 0.336 e. The Kier molecular flexibility index (Phi) is 4.04. The summed E-state index contributed by atoms with van der Waals surface area (Å²) in [5, 5.41) is 0. The van der Waals surface area contributed by atoms with Crippen LogP contribution in [-0.4, -0.2) is 36.9 Å². The Morgan fingerprint density at radius 2 is 2.21 bits per heavy atom. The van der Waals surface area contributed by atoms with Crippen LogP contribution in [0.3, 0.4) is 0 Å². The third-order valence-corrected chi connectivity index (χ3v) is 3.23. The van der Waals surface area contributed by atoms with Crippen LogP contribution in [0.1, 0.15) is 20.8 Å². The van der Waals surface area contributed by atoms with Gasteiger partial charge in [-0.15, -0.1) is 0 Å². The van der Waals surface area contributed by atoms with Crippen molar-refractivity contribution >= 4 is 11.9 Å². The molecule has 0 unspecified atom stereocenters. The van der Waals surface area contributed by atoms with E-state index < -0.39 is 0 Å². The first kappa shape index (κ1) is 13.8. The molecule has 1 fully saturated rings. The predicted molar refractivity (Wildman–Crippen MR) is 67.2 cm³/mol. The maximum atomic E-state index is 11.6. The zero-order valence-corrected chi connectivity index (χ0v) is 11.3. The molecular formula is C14H18O5. The van der Waals surface area contributed by atoms with Gasteiger partial charge in [0.2, 0.25) is 0 Å². The minimum absolute atomic E-state index is 0.00905. The first-order valence-electron chi connectivity index (χ1n) is 6.46. The fourth-order valence-corrected chi connectivity index (χ4v) is 2.27. The first-order valence-corrected chi connectivity index (χ1v) is 6.46. The first-order chi connectivity index (χ1) is 9.02. The van der Waals surface area contributed by atoms with Gasteiger partial charge < -0.3 is 14.2 Å². The van der Waals surface area contributed by atoms with Gasteiger partial charge in [-0.2, -0.15) is 0 Å². The van der Waals surface area contributed by atoms with Gasteiger partial charge in [0.1, 0.15) is 12.2 Å². The van der Waals surface area contributed by atoms with Crippen LogP contribution >= 0.6 is 0 Å². The maximum absolute atomic E-state index is 11.6. The minimum atomic E-state index is -0.389. The topological polar surface area (TPSA) is 61.8 Å². The van der Waals surface area contributed by atoms with E-state index in [0.29, 0.717) is 12.2 Å². The highest BCUT2D eigenvalue weighted by Crippen LogP contribution is 2.33. The molecule has 19 heavy (non-hydrogen) atoms. The molecule has 0 aromatic heterocycles. The van der Waals surface area contributed by atoms with E-state index in [9.17, 15) is 9.59 Å². The number of carbonyl (C=O) groups excluding carboxylic acids is 2. The monoisotopic (exact) mass is 266 g/mol. The highest BCUT2D eigenvalue weighted by Gasteiger charge is 2.42. The van der Waals surface area contributed by atoms with Crippen LogP contribution in [0.2, 0.25) is 0 Å². The van der Waals surface area contributed by atoms with Gasteiger partial charge in [0.25, 0.3) is 0 Å². The molecule has 0 aromatic carbocycles. The second-order valence-electron chi connectivity index (χ2n) is 4.72. The van der Waals surface area contributed by atoms with Gasteiger partial charge in [0, 0.05) is 12.0 Å². The van der Waals surface area contributed by atoms with Gasteiger partial charge in [0.05, 0.1) is 18.3 Å². The Morgan fingerprint density at radius 3 is 2.89 bits per heavy atom. The van der Waals surface area contributed by atoms with Crippen LogP contribution in [0.5, 0.6) is 0 Å². The van der Waals surface area contributed by atoms with E-state index in [1.54, 1.807) is 19.9 Å². The van der Waals surface area contributed by atoms with Crippen molar-refractivity contribution < 1.29 is 23.8 Å². The van der Waals surface area contributed by atoms with Gasteiger partial charge in [-0.3, -0.25) is 0 Å². The molecule has 2 heterocycles. The van der Waals surface area contributed by atoms with Crippen LogP contribution in [0.25, 0.3) is 0 Å². The molecule has 0 radical (unpaired) electrons. The SMILES string of the molecule is CCOC(=O)/C=C\[C@H]1O[C@H]2C(=C[C@H]1C)C(=O)O[C@H]2C. The Labute approximate surface area is 112 Å². The normalized spacial score (nSPS) is 33.8. The second-order valence-corrected chi connectivity index (χ2v) is 4.72. The molecule has 2 aliphatic heterocycles. The largest absolute Gasteiger partial charge is 0.463 e. The third-order valence-electron chi connectivity index (χ3n) is 3.23. The zero-order valence-electron chi connectivity index (χ0n) is 11.3. The molecule has 2 rings (SSSR count). The Bertz CT molecular complexity index is 437. The van der Waals surface area contributed by atoms with Crippen molar-refractivity contribution in [2.75, 3.05) is 6.61 Å². The highest BCUT2D eigenvalue weighted by molar-refractivity contribution is 5.92. The average molecular weight is 266 g/mol. The van der Waals surface area contributed by atoms with Crippen LogP contribution in [-0.2, 0) is 23.8 Å². The Hall–Kier alpha value is -1.62. The van der Waals surface area contributed by atoms with Crippen LogP contribution in [0.4, 0.5) is 0 Å². The summed E-state index contributed by atoms with van der Waals surface area (Å²) in [6.45, 7) is 5.82. The van der Waals surface area contributed by atoms with Gasteiger partial charge in [-0.05, 0) is 19.9 Å². The van der Waals surface area contributed by atoms with Crippen molar-refractivity contribution in [1.82, 2.24) is 0 Å². The van der Waals surface area contributed by atoms with E-state index in [1.165, 1.54) is 6.08 Å². The maximum Gasteiger partial charge on any atom is 0.336 e. The van der Waals surface area contributed by atoms with Crippen molar-refractivity contribution in [3.8, 4) is 0 Å². The molecule has 0 saturated carbocycles. The molecule has 0 amide bonds. The number of esters is 2. The fraction of sp³-hybridized carbons (Fsp3) is 0.571. The van der Waals surface area contributed by atoms with Crippen LogP contribution in [0.15, 0.2) is 23.8 Å². The van der Waals surface area contributed by atoms with Crippen molar-refractivity contribution in [2.24, 2.45) is 5.92 Å². The summed E-state index contributed by atoms with van der Waals surface area (Å²) >= 11 is 0. The zero-order chi connectivity index (χ0) is 14.0. The quantitative estimate of drug-likeness (QED) is 0.570. The summed E-state index contributed by atoms with van der Waals surface area (Å²) in [5.41, 5.74) is 0.584. The van der Waals surface area contributed by atoms with Crippen molar-refractivity contribution in [2.45, 2.75) is 39.1 Å². The van der Waals surface area contributed by atoms with Crippen LogP contribution < -0.4 is 0 Å². The Morgan fingerprint density at radius 1 is 1.47 bits per heavy atom. The summed E-state index contributed by atoms with van der Waals surface area (Å²) in [6, 6.07) is 0. The number of rotatable bonds is 3. The minimum Gasteiger partial charge on any atom is -0.463 e. The number of ether oxygens (including phenoxy) is 3. The molecule has 0 N–H and O–H groups in total. The standard InChI is InChI=1S/C14H18O5/c1-4-17-12(15)6-5-11-8(2)7-10-13(19-11)9(3)18-14(10)16/h5-9,11,13H,4H2,1-3H3/b6-5-/t8-,9+,11-,13-/m1/s1. The fourth-order valence-electron chi connectivity index (χ4n) is 2.27. The van der Waals surface area contributed by atoms with Gasteiger partial charge in [-0.1, -0.05) is 13.0 Å². The second kappa shape index (κ2) is 5.57. The molecular weight excluding hydrogens is 248 g/mol. The van der Waals surface area contributed by atoms with Crippen LogP contribution in [0, 0.1) is 5.92 Å².